The van der Waals surface area contributed by atoms with Gasteiger partial charge in [-0.2, -0.15) is 0 Å². The van der Waals surface area contributed by atoms with Crippen LogP contribution in [0, 0.1) is 0 Å². The van der Waals surface area contributed by atoms with Crippen molar-refractivity contribution in [3.63, 3.8) is 0 Å². The van der Waals surface area contributed by atoms with E-state index < -0.39 is 9.84 Å². The van der Waals surface area contributed by atoms with Crippen molar-refractivity contribution in [3.8, 4) is 5.75 Å². The Morgan fingerprint density at radius 1 is 1.31 bits per heavy atom. The van der Waals surface area contributed by atoms with Crippen LogP contribution in [-0.2, 0) is 16.4 Å². The molecule has 0 atom stereocenters. The molecule has 1 rings (SSSR count). The van der Waals surface area contributed by atoms with Gasteiger partial charge in [-0.05, 0) is 12.5 Å². The molecule has 0 spiro atoms. The second kappa shape index (κ2) is 5.86. The number of para-hydroxylation sites is 1. The minimum Gasteiger partial charge on any atom is -0.493 e. The maximum atomic E-state index is 10.9. The van der Waals surface area contributed by atoms with Gasteiger partial charge in [-0.15, -0.1) is 0 Å². The Morgan fingerprint density at radius 2 is 2.00 bits per heavy atom. The first-order valence-corrected chi connectivity index (χ1v) is 7.17. The largest absolute Gasteiger partial charge is 0.493 e. The average Bonchev–Trinajstić information content (AvgIpc) is 2.23. The van der Waals surface area contributed by atoms with E-state index in [9.17, 15) is 8.42 Å². The van der Waals surface area contributed by atoms with Gasteiger partial charge >= 0.3 is 0 Å². The second-order valence-corrected chi connectivity index (χ2v) is 5.90. The molecule has 0 saturated carbocycles. The van der Waals surface area contributed by atoms with Gasteiger partial charge < -0.3 is 10.5 Å². The summed E-state index contributed by atoms with van der Waals surface area (Å²) in [7, 11) is -2.90. The van der Waals surface area contributed by atoms with Crippen LogP contribution in [0.25, 0.3) is 0 Å². The van der Waals surface area contributed by atoms with Crippen LogP contribution < -0.4 is 10.5 Å². The van der Waals surface area contributed by atoms with Crippen molar-refractivity contribution in [2.45, 2.75) is 13.0 Å². The van der Waals surface area contributed by atoms with Crippen molar-refractivity contribution in [1.29, 1.82) is 0 Å². The molecule has 5 heteroatoms. The van der Waals surface area contributed by atoms with Crippen LogP contribution >= 0.6 is 0 Å². The summed E-state index contributed by atoms with van der Waals surface area (Å²) in [6, 6.07) is 7.49. The summed E-state index contributed by atoms with van der Waals surface area (Å²) < 4.78 is 27.3. The number of benzene rings is 1. The van der Waals surface area contributed by atoms with E-state index in [1.54, 1.807) is 0 Å². The predicted octanol–water partition coefficient (Wildman–Crippen LogP) is 0.959. The lowest BCUT2D eigenvalue weighted by atomic mass is 10.2. The predicted molar refractivity (Wildman–Crippen MR) is 64.2 cm³/mol. The average molecular weight is 243 g/mol. The molecule has 0 saturated heterocycles. The van der Waals surface area contributed by atoms with E-state index >= 15 is 0 Å². The van der Waals surface area contributed by atoms with Gasteiger partial charge in [-0.1, -0.05) is 18.2 Å². The third kappa shape index (κ3) is 4.63. The first-order chi connectivity index (χ1) is 7.53. The first-order valence-electron chi connectivity index (χ1n) is 5.11. The molecule has 0 radical (unpaired) electrons. The number of nitrogens with two attached hydrogens (primary N) is 1. The molecule has 4 nitrogen and oxygen atoms in total. The Labute approximate surface area is 96.3 Å². The SMILES string of the molecule is CS(=O)(=O)CCCOc1ccccc1CN. The van der Waals surface area contributed by atoms with Crippen molar-refractivity contribution in [2.24, 2.45) is 5.73 Å². The Balaban J connectivity index is 2.43. The molecule has 0 aliphatic rings. The van der Waals surface area contributed by atoms with Crippen molar-refractivity contribution in [1.82, 2.24) is 0 Å². The summed E-state index contributed by atoms with van der Waals surface area (Å²) in [4.78, 5) is 0. The summed E-state index contributed by atoms with van der Waals surface area (Å²) >= 11 is 0. The van der Waals surface area contributed by atoms with Gasteiger partial charge in [0.25, 0.3) is 0 Å². The zero-order valence-electron chi connectivity index (χ0n) is 9.35. The molecule has 0 fully saturated rings. The summed E-state index contributed by atoms with van der Waals surface area (Å²) in [5, 5.41) is 0. The van der Waals surface area contributed by atoms with E-state index in [1.165, 1.54) is 6.26 Å². The molecule has 90 valence electrons. The van der Waals surface area contributed by atoms with Gasteiger partial charge in [0.05, 0.1) is 12.4 Å². The molecular formula is C11H17NO3S. The fourth-order valence-electron chi connectivity index (χ4n) is 1.32. The molecule has 0 heterocycles. The molecular weight excluding hydrogens is 226 g/mol. The number of hydrogen-bond acceptors (Lipinski definition) is 4. The van der Waals surface area contributed by atoms with E-state index in [2.05, 4.69) is 0 Å². The number of hydrogen-bond donors (Lipinski definition) is 1. The van der Waals surface area contributed by atoms with Crippen LogP contribution in [0.15, 0.2) is 24.3 Å². The van der Waals surface area contributed by atoms with Crippen LogP contribution in [0.2, 0.25) is 0 Å². The zero-order chi connectivity index (χ0) is 12.0. The summed E-state index contributed by atoms with van der Waals surface area (Å²) in [6.45, 7) is 0.812. The highest BCUT2D eigenvalue weighted by Gasteiger charge is 2.03. The summed E-state index contributed by atoms with van der Waals surface area (Å²) in [5.41, 5.74) is 6.48. The van der Waals surface area contributed by atoms with Gasteiger partial charge in [-0.25, -0.2) is 8.42 Å². The Hall–Kier alpha value is -1.07. The summed E-state index contributed by atoms with van der Waals surface area (Å²) in [6.07, 6.45) is 1.72. The van der Waals surface area contributed by atoms with Crippen molar-refractivity contribution in [2.75, 3.05) is 18.6 Å². The smallest absolute Gasteiger partial charge is 0.147 e. The van der Waals surface area contributed by atoms with E-state index in [-0.39, 0.29) is 5.75 Å². The lowest BCUT2D eigenvalue weighted by molar-refractivity contribution is 0.314. The maximum Gasteiger partial charge on any atom is 0.147 e. The molecule has 0 aliphatic heterocycles. The lowest BCUT2D eigenvalue weighted by Gasteiger charge is -2.09. The van der Waals surface area contributed by atoms with Crippen LogP contribution in [0.3, 0.4) is 0 Å². The van der Waals surface area contributed by atoms with Gasteiger partial charge in [-0.3, -0.25) is 0 Å². The van der Waals surface area contributed by atoms with E-state index in [0.29, 0.717) is 19.6 Å². The molecule has 0 aromatic heterocycles. The molecule has 1 aromatic carbocycles. The number of sulfone groups is 1. The summed E-state index contributed by atoms with van der Waals surface area (Å²) in [5.74, 6) is 0.885. The van der Waals surface area contributed by atoms with Gasteiger partial charge in [0.1, 0.15) is 15.6 Å². The number of ether oxygens (including phenoxy) is 1. The van der Waals surface area contributed by atoms with Gasteiger partial charge in [0, 0.05) is 18.4 Å². The molecule has 2 N–H and O–H groups in total. The van der Waals surface area contributed by atoms with E-state index in [0.717, 1.165) is 11.3 Å². The van der Waals surface area contributed by atoms with Gasteiger partial charge in [0.2, 0.25) is 0 Å². The molecule has 1 aromatic rings. The molecule has 0 amide bonds. The minimum absolute atomic E-state index is 0.151. The highest BCUT2D eigenvalue weighted by atomic mass is 32.2. The van der Waals surface area contributed by atoms with Crippen LogP contribution in [0.1, 0.15) is 12.0 Å². The maximum absolute atomic E-state index is 10.9. The third-order valence-electron chi connectivity index (χ3n) is 2.11. The third-order valence-corrected chi connectivity index (χ3v) is 3.14. The minimum atomic E-state index is -2.90. The van der Waals surface area contributed by atoms with Crippen LogP contribution in [0.4, 0.5) is 0 Å². The zero-order valence-corrected chi connectivity index (χ0v) is 10.2. The molecule has 0 bridgehead atoms. The second-order valence-electron chi connectivity index (χ2n) is 3.64. The monoisotopic (exact) mass is 243 g/mol. The fourth-order valence-corrected chi connectivity index (χ4v) is 1.96. The Morgan fingerprint density at radius 3 is 2.62 bits per heavy atom. The quantitative estimate of drug-likeness (QED) is 0.755. The van der Waals surface area contributed by atoms with Crippen LogP contribution in [0.5, 0.6) is 5.75 Å². The molecule has 0 unspecified atom stereocenters. The van der Waals surface area contributed by atoms with Crippen molar-refractivity contribution >= 4 is 9.84 Å². The van der Waals surface area contributed by atoms with Crippen molar-refractivity contribution < 1.29 is 13.2 Å². The topological polar surface area (TPSA) is 69.4 Å². The highest BCUT2D eigenvalue weighted by Crippen LogP contribution is 2.17. The highest BCUT2D eigenvalue weighted by molar-refractivity contribution is 7.90. The Bertz CT molecular complexity index is 429. The normalized spacial score (nSPS) is 11.4. The van der Waals surface area contributed by atoms with E-state index in [4.69, 9.17) is 10.5 Å². The molecule has 16 heavy (non-hydrogen) atoms. The van der Waals surface area contributed by atoms with Crippen LogP contribution in [-0.4, -0.2) is 27.0 Å². The van der Waals surface area contributed by atoms with Gasteiger partial charge in [0.15, 0.2) is 0 Å². The fraction of sp³-hybridized carbons (Fsp3) is 0.455. The standard InChI is InChI=1S/C11H17NO3S/c1-16(13,14)8-4-7-15-11-6-3-2-5-10(11)9-12/h2-3,5-6H,4,7-9,12H2,1H3. The first kappa shape index (κ1) is 13.0. The van der Waals surface area contributed by atoms with E-state index in [1.807, 2.05) is 24.3 Å². The Kier molecular flexibility index (Phi) is 4.76. The lowest BCUT2D eigenvalue weighted by Crippen LogP contribution is -2.09. The number of rotatable bonds is 6. The van der Waals surface area contributed by atoms with Crippen molar-refractivity contribution in [3.05, 3.63) is 29.8 Å². The molecule has 0 aliphatic carbocycles.